The fraction of sp³-hybridized carbons (Fsp3) is 0.350. The molecule has 26 heavy (non-hydrogen) atoms. The van der Waals surface area contributed by atoms with Gasteiger partial charge in [-0.15, -0.1) is 0 Å². The Morgan fingerprint density at radius 2 is 1.27 bits per heavy atom. The summed E-state index contributed by atoms with van der Waals surface area (Å²) in [5.41, 5.74) is 2.78. The standard InChI is InChI=1S/C20H24O6/c1-22-16-7-6-13(9-17(16)23-2)8-14-10-18(24-3)19(25-4)11-15(14)12-20(21)26-5/h6-7,9-11H,8,12H2,1-5H3. The monoisotopic (exact) mass is 360 g/mol. The summed E-state index contributed by atoms with van der Waals surface area (Å²) in [7, 11) is 7.71. The Bertz CT molecular complexity index is 769. The molecule has 2 aromatic carbocycles. The molecule has 140 valence electrons. The number of methoxy groups -OCH3 is 5. The molecule has 6 heteroatoms. The Balaban J connectivity index is 2.44. The minimum atomic E-state index is -0.314. The van der Waals surface area contributed by atoms with E-state index in [1.807, 2.05) is 30.3 Å². The molecule has 0 unspecified atom stereocenters. The predicted octanol–water partition coefficient (Wildman–Crippen LogP) is 3.03. The molecule has 0 amide bonds. The van der Waals surface area contributed by atoms with E-state index in [0.29, 0.717) is 29.4 Å². The summed E-state index contributed by atoms with van der Waals surface area (Å²) in [6, 6.07) is 9.42. The van der Waals surface area contributed by atoms with Crippen LogP contribution >= 0.6 is 0 Å². The lowest BCUT2D eigenvalue weighted by atomic mass is 9.96. The second kappa shape index (κ2) is 8.99. The summed E-state index contributed by atoms with van der Waals surface area (Å²) in [4.78, 5) is 11.8. The number of hydrogen-bond donors (Lipinski definition) is 0. The van der Waals surface area contributed by atoms with E-state index in [-0.39, 0.29) is 12.4 Å². The Labute approximate surface area is 153 Å². The number of ether oxygens (including phenoxy) is 5. The maximum Gasteiger partial charge on any atom is 0.309 e. The molecule has 0 saturated carbocycles. The summed E-state index contributed by atoms with van der Waals surface area (Å²) in [5.74, 6) is 2.18. The average molecular weight is 360 g/mol. The largest absolute Gasteiger partial charge is 0.493 e. The number of carbonyl (C=O) groups is 1. The lowest BCUT2D eigenvalue weighted by Crippen LogP contribution is -2.08. The van der Waals surface area contributed by atoms with Gasteiger partial charge >= 0.3 is 5.97 Å². The first-order valence-corrected chi connectivity index (χ1v) is 8.07. The van der Waals surface area contributed by atoms with Gasteiger partial charge in [-0.1, -0.05) is 6.07 Å². The zero-order valence-electron chi connectivity index (χ0n) is 15.8. The molecule has 2 rings (SSSR count). The quantitative estimate of drug-likeness (QED) is 0.675. The molecule has 0 aromatic heterocycles. The van der Waals surface area contributed by atoms with E-state index in [0.717, 1.165) is 16.7 Å². The molecule has 0 radical (unpaired) electrons. The van der Waals surface area contributed by atoms with E-state index in [1.54, 1.807) is 28.4 Å². The van der Waals surface area contributed by atoms with Crippen molar-refractivity contribution in [3.63, 3.8) is 0 Å². The molecular formula is C20H24O6. The highest BCUT2D eigenvalue weighted by Crippen LogP contribution is 2.34. The molecule has 0 heterocycles. The van der Waals surface area contributed by atoms with Gasteiger partial charge < -0.3 is 23.7 Å². The van der Waals surface area contributed by atoms with Crippen molar-refractivity contribution in [2.24, 2.45) is 0 Å². The smallest absolute Gasteiger partial charge is 0.309 e. The fourth-order valence-corrected chi connectivity index (χ4v) is 2.73. The summed E-state index contributed by atoms with van der Waals surface area (Å²) >= 11 is 0. The van der Waals surface area contributed by atoms with Gasteiger partial charge in [0, 0.05) is 0 Å². The minimum absolute atomic E-state index is 0.152. The lowest BCUT2D eigenvalue weighted by Gasteiger charge is -2.15. The first-order valence-electron chi connectivity index (χ1n) is 8.07. The topological polar surface area (TPSA) is 63.2 Å². The third-order valence-corrected chi connectivity index (χ3v) is 4.11. The minimum Gasteiger partial charge on any atom is -0.493 e. The molecule has 0 saturated heterocycles. The Morgan fingerprint density at radius 3 is 1.81 bits per heavy atom. The third-order valence-electron chi connectivity index (χ3n) is 4.11. The van der Waals surface area contributed by atoms with Crippen molar-refractivity contribution in [3.8, 4) is 23.0 Å². The SMILES string of the molecule is COC(=O)Cc1cc(OC)c(OC)cc1Cc1ccc(OC)c(OC)c1. The highest BCUT2D eigenvalue weighted by Gasteiger charge is 2.15. The van der Waals surface area contributed by atoms with Crippen LogP contribution in [-0.4, -0.2) is 41.5 Å². The highest BCUT2D eigenvalue weighted by atomic mass is 16.5. The maximum atomic E-state index is 11.8. The number of esters is 1. The van der Waals surface area contributed by atoms with Crippen molar-refractivity contribution in [1.29, 1.82) is 0 Å². The van der Waals surface area contributed by atoms with Gasteiger partial charge in [0.05, 0.1) is 42.0 Å². The average Bonchev–Trinajstić information content (AvgIpc) is 2.68. The van der Waals surface area contributed by atoms with Crippen LogP contribution in [-0.2, 0) is 22.4 Å². The van der Waals surface area contributed by atoms with Gasteiger partial charge in [-0.2, -0.15) is 0 Å². The molecule has 0 aliphatic heterocycles. The highest BCUT2D eigenvalue weighted by molar-refractivity contribution is 5.73. The zero-order chi connectivity index (χ0) is 19.1. The van der Waals surface area contributed by atoms with Crippen LogP contribution in [0.5, 0.6) is 23.0 Å². The second-order valence-corrected chi connectivity index (χ2v) is 5.59. The van der Waals surface area contributed by atoms with Gasteiger partial charge in [-0.25, -0.2) is 0 Å². The lowest BCUT2D eigenvalue weighted by molar-refractivity contribution is -0.139. The Morgan fingerprint density at radius 1 is 0.731 bits per heavy atom. The normalized spacial score (nSPS) is 10.2. The third kappa shape index (κ3) is 4.39. The van der Waals surface area contributed by atoms with Crippen LogP contribution < -0.4 is 18.9 Å². The number of rotatable bonds is 8. The maximum absolute atomic E-state index is 11.8. The van der Waals surface area contributed by atoms with Crippen LogP contribution in [0.1, 0.15) is 16.7 Å². The van der Waals surface area contributed by atoms with Gasteiger partial charge in [0.2, 0.25) is 0 Å². The molecular weight excluding hydrogens is 336 g/mol. The number of hydrogen-bond acceptors (Lipinski definition) is 6. The summed E-state index contributed by atoms with van der Waals surface area (Å²) in [6.45, 7) is 0. The van der Waals surface area contributed by atoms with E-state index in [1.165, 1.54) is 7.11 Å². The van der Waals surface area contributed by atoms with Crippen LogP contribution in [0.3, 0.4) is 0 Å². The van der Waals surface area contributed by atoms with E-state index < -0.39 is 0 Å². The molecule has 0 N–H and O–H groups in total. The van der Waals surface area contributed by atoms with E-state index in [2.05, 4.69) is 0 Å². The van der Waals surface area contributed by atoms with Crippen molar-refractivity contribution in [3.05, 3.63) is 47.0 Å². The molecule has 0 atom stereocenters. The van der Waals surface area contributed by atoms with E-state index >= 15 is 0 Å². The van der Waals surface area contributed by atoms with Crippen LogP contribution in [0.4, 0.5) is 0 Å². The first kappa shape index (κ1) is 19.4. The molecule has 2 aromatic rings. The molecule has 6 nitrogen and oxygen atoms in total. The van der Waals surface area contributed by atoms with Crippen molar-refractivity contribution in [2.45, 2.75) is 12.8 Å². The van der Waals surface area contributed by atoms with Crippen molar-refractivity contribution < 1.29 is 28.5 Å². The second-order valence-electron chi connectivity index (χ2n) is 5.59. The zero-order valence-corrected chi connectivity index (χ0v) is 15.8. The van der Waals surface area contributed by atoms with Crippen LogP contribution in [0, 0.1) is 0 Å². The number of benzene rings is 2. The van der Waals surface area contributed by atoms with Crippen LogP contribution in [0.2, 0.25) is 0 Å². The first-order chi connectivity index (χ1) is 12.6. The summed E-state index contributed by atoms with van der Waals surface area (Å²) in [6.07, 6.45) is 0.743. The predicted molar refractivity (Wildman–Crippen MR) is 97.6 cm³/mol. The molecule has 0 bridgehead atoms. The van der Waals surface area contributed by atoms with Gasteiger partial charge in [-0.05, 0) is 47.4 Å². The van der Waals surface area contributed by atoms with E-state index in [9.17, 15) is 4.79 Å². The van der Waals surface area contributed by atoms with Crippen LogP contribution in [0.15, 0.2) is 30.3 Å². The van der Waals surface area contributed by atoms with Gasteiger partial charge in [0.1, 0.15) is 0 Å². The summed E-state index contributed by atoms with van der Waals surface area (Å²) in [5, 5.41) is 0. The van der Waals surface area contributed by atoms with Crippen molar-refractivity contribution in [1.82, 2.24) is 0 Å². The van der Waals surface area contributed by atoms with Crippen molar-refractivity contribution in [2.75, 3.05) is 35.5 Å². The Kier molecular flexibility index (Phi) is 6.72. The fourth-order valence-electron chi connectivity index (χ4n) is 2.73. The van der Waals surface area contributed by atoms with E-state index in [4.69, 9.17) is 23.7 Å². The summed E-state index contributed by atoms with van der Waals surface area (Å²) < 4.78 is 26.2. The molecule has 0 spiro atoms. The molecule has 0 fully saturated rings. The van der Waals surface area contributed by atoms with Gasteiger partial charge in [-0.3, -0.25) is 4.79 Å². The van der Waals surface area contributed by atoms with Crippen molar-refractivity contribution >= 4 is 5.97 Å². The molecule has 0 aliphatic rings. The Hall–Kier alpha value is -2.89. The van der Waals surface area contributed by atoms with Crippen LogP contribution in [0.25, 0.3) is 0 Å². The molecule has 0 aliphatic carbocycles. The van der Waals surface area contributed by atoms with Gasteiger partial charge in [0.15, 0.2) is 23.0 Å². The number of carbonyl (C=O) groups excluding carboxylic acids is 1. The van der Waals surface area contributed by atoms with Gasteiger partial charge in [0.25, 0.3) is 0 Å².